The van der Waals surface area contributed by atoms with Crippen LogP contribution in [0.2, 0.25) is 0 Å². The third-order valence-electron chi connectivity index (χ3n) is 1.17. The molecule has 2 nitrogen and oxygen atoms in total. The molecule has 11 heavy (non-hydrogen) atoms. The maximum absolute atomic E-state index is 10.9. The Morgan fingerprint density at radius 3 is 2.82 bits per heavy atom. The zero-order valence-electron chi connectivity index (χ0n) is 5.75. The Bertz CT molecular complexity index is 279. The molecule has 0 atom stereocenters. The Hall–Kier alpha value is -0.960. The molecule has 1 heterocycles. The molecule has 0 spiro atoms. The molecule has 0 bridgehead atoms. The monoisotopic (exact) mass is 211 g/mol. The van der Waals surface area contributed by atoms with Gasteiger partial charge in [-0.05, 0) is 34.1 Å². The lowest BCUT2D eigenvalue weighted by Gasteiger charge is -1.92. The van der Waals surface area contributed by atoms with Gasteiger partial charge in [0.05, 0.1) is 0 Å². The molecule has 0 aliphatic carbocycles. The lowest BCUT2D eigenvalue weighted by Crippen LogP contribution is -1.96. The fourth-order valence-electron chi connectivity index (χ4n) is 0.626. The molecule has 0 aromatic carbocycles. The average Bonchev–Trinajstić information content (AvgIpc) is 2.05. The van der Waals surface area contributed by atoms with Gasteiger partial charge < -0.3 is 0 Å². The molecule has 1 aromatic rings. The number of nitrogens with zero attached hydrogens (tertiary/aromatic N) is 1. The third kappa shape index (κ3) is 1.98. The van der Waals surface area contributed by atoms with E-state index in [2.05, 4.69) is 27.5 Å². The predicted octanol–water partition coefficient (Wildman–Crippen LogP) is 2.21. The number of rotatable bonds is 2. The van der Waals surface area contributed by atoms with Crippen LogP contribution in [0.5, 0.6) is 0 Å². The molecule has 0 aliphatic rings. The number of allylic oxidation sites excluding steroid dienone is 1. The van der Waals surface area contributed by atoms with Gasteiger partial charge in [0.2, 0.25) is 5.78 Å². The molecule has 0 saturated heterocycles. The van der Waals surface area contributed by atoms with Gasteiger partial charge in [-0.3, -0.25) is 9.78 Å². The summed E-state index contributed by atoms with van der Waals surface area (Å²) in [7, 11) is 0. The molecule has 1 aromatic heterocycles. The van der Waals surface area contributed by atoms with E-state index in [1.807, 2.05) is 0 Å². The number of carbonyl (C=O) groups excluding carboxylic acids is 1. The third-order valence-corrected chi connectivity index (χ3v) is 1.63. The number of pyridine rings is 1. The first kappa shape index (κ1) is 8.14. The van der Waals surface area contributed by atoms with Crippen molar-refractivity contribution >= 4 is 21.7 Å². The Kier molecular flexibility index (Phi) is 2.54. The van der Waals surface area contributed by atoms with E-state index < -0.39 is 0 Å². The minimum absolute atomic E-state index is 0.155. The number of ketones is 1. The largest absolute Gasteiger partial charge is 0.288 e. The Balaban J connectivity index is 2.98. The number of carbonyl (C=O) groups is 1. The van der Waals surface area contributed by atoms with Crippen molar-refractivity contribution in [1.29, 1.82) is 0 Å². The first-order chi connectivity index (χ1) is 5.24. The van der Waals surface area contributed by atoms with Crippen LogP contribution in [0.15, 0.2) is 35.5 Å². The molecule has 0 unspecified atom stereocenters. The minimum atomic E-state index is -0.155. The second-order valence-electron chi connectivity index (χ2n) is 1.93. The highest BCUT2D eigenvalue weighted by molar-refractivity contribution is 9.10. The van der Waals surface area contributed by atoms with E-state index in [4.69, 9.17) is 0 Å². The molecule has 3 heteroatoms. The zero-order chi connectivity index (χ0) is 8.27. The minimum Gasteiger partial charge on any atom is -0.288 e. The summed E-state index contributed by atoms with van der Waals surface area (Å²) in [6.07, 6.45) is 2.83. The van der Waals surface area contributed by atoms with Crippen molar-refractivity contribution < 1.29 is 4.79 Å². The van der Waals surface area contributed by atoms with E-state index >= 15 is 0 Å². The van der Waals surface area contributed by atoms with Crippen LogP contribution >= 0.6 is 15.9 Å². The molecule has 0 N–H and O–H groups in total. The summed E-state index contributed by atoms with van der Waals surface area (Å²) in [5, 5.41) is 0. The summed E-state index contributed by atoms with van der Waals surface area (Å²) in [4.78, 5) is 14.8. The van der Waals surface area contributed by atoms with E-state index in [0.717, 1.165) is 4.47 Å². The molecule has 0 radical (unpaired) electrons. The maximum Gasteiger partial charge on any atom is 0.203 e. The highest BCUT2D eigenvalue weighted by Gasteiger charge is 2.00. The lowest BCUT2D eigenvalue weighted by atomic mass is 10.2. The summed E-state index contributed by atoms with van der Waals surface area (Å²) in [5.74, 6) is -0.155. The maximum atomic E-state index is 10.9. The van der Waals surface area contributed by atoms with Crippen LogP contribution in [-0.4, -0.2) is 10.8 Å². The number of hydrogen-bond acceptors (Lipinski definition) is 2. The van der Waals surface area contributed by atoms with Gasteiger partial charge in [0.25, 0.3) is 0 Å². The van der Waals surface area contributed by atoms with Crippen molar-refractivity contribution in [3.63, 3.8) is 0 Å². The number of aromatic nitrogens is 1. The highest BCUT2D eigenvalue weighted by Crippen LogP contribution is 2.07. The molecular formula is C8H6BrNO. The normalized spacial score (nSPS) is 9.18. The van der Waals surface area contributed by atoms with Gasteiger partial charge in [-0.1, -0.05) is 6.58 Å². The number of hydrogen-bond donors (Lipinski definition) is 0. The smallest absolute Gasteiger partial charge is 0.203 e. The average molecular weight is 212 g/mol. The lowest BCUT2D eigenvalue weighted by molar-refractivity contribution is 0.104. The molecule has 0 fully saturated rings. The quantitative estimate of drug-likeness (QED) is 0.555. The summed E-state index contributed by atoms with van der Waals surface area (Å²) < 4.78 is 0.859. The second-order valence-corrected chi connectivity index (χ2v) is 2.85. The highest BCUT2D eigenvalue weighted by atomic mass is 79.9. The Morgan fingerprint density at radius 1 is 1.64 bits per heavy atom. The number of halogens is 1. The van der Waals surface area contributed by atoms with Gasteiger partial charge in [-0.2, -0.15) is 0 Å². The van der Waals surface area contributed by atoms with Gasteiger partial charge in [0.15, 0.2) is 0 Å². The van der Waals surface area contributed by atoms with Crippen LogP contribution < -0.4 is 0 Å². The van der Waals surface area contributed by atoms with Gasteiger partial charge in [-0.15, -0.1) is 0 Å². The fourth-order valence-corrected chi connectivity index (χ4v) is 0.861. The molecule has 0 saturated carbocycles. The summed E-state index contributed by atoms with van der Waals surface area (Å²) >= 11 is 3.22. The van der Waals surface area contributed by atoms with Crippen LogP contribution in [0, 0.1) is 0 Å². The fraction of sp³-hybridized carbons (Fsp3) is 0. The SMILES string of the molecule is C=CC(=O)c1ccc(Br)cn1. The van der Waals surface area contributed by atoms with Gasteiger partial charge in [-0.25, -0.2) is 0 Å². The second kappa shape index (κ2) is 3.44. The van der Waals surface area contributed by atoms with Gasteiger partial charge in [0, 0.05) is 10.7 Å². The molecule has 56 valence electrons. The van der Waals surface area contributed by atoms with E-state index in [-0.39, 0.29) is 5.78 Å². The summed E-state index contributed by atoms with van der Waals surface area (Å²) in [5.41, 5.74) is 0.420. The summed E-state index contributed by atoms with van der Waals surface area (Å²) in [6, 6.07) is 3.41. The van der Waals surface area contributed by atoms with E-state index in [1.165, 1.54) is 6.08 Å². The van der Waals surface area contributed by atoms with Crippen molar-refractivity contribution in [3.8, 4) is 0 Å². The van der Waals surface area contributed by atoms with Crippen molar-refractivity contribution in [3.05, 3.63) is 41.2 Å². The Labute approximate surface area is 73.1 Å². The van der Waals surface area contributed by atoms with Crippen molar-refractivity contribution in [1.82, 2.24) is 4.98 Å². The first-order valence-electron chi connectivity index (χ1n) is 3.02. The standard InChI is InChI=1S/C8H6BrNO/c1-2-8(11)7-4-3-6(9)5-10-7/h2-5H,1H2. The van der Waals surface area contributed by atoms with E-state index in [1.54, 1.807) is 18.3 Å². The van der Waals surface area contributed by atoms with Crippen molar-refractivity contribution in [2.75, 3.05) is 0 Å². The van der Waals surface area contributed by atoms with Gasteiger partial charge >= 0.3 is 0 Å². The van der Waals surface area contributed by atoms with E-state index in [9.17, 15) is 4.79 Å². The van der Waals surface area contributed by atoms with Crippen LogP contribution in [0.3, 0.4) is 0 Å². The zero-order valence-corrected chi connectivity index (χ0v) is 7.34. The summed E-state index contributed by atoms with van der Waals surface area (Å²) in [6.45, 7) is 3.36. The van der Waals surface area contributed by atoms with Crippen molar-refractivity contribution in [2.45, 2.75) is 0 Å². The predicted molar refractivity (Wildman–Crippen MR) is 46.5 cm³/mol. The molecule has 1 rings (SSSR count). The Morgan fingerprint density at radius 2 is 2.36 bits per heavy atom. The van der Waals surface area contributed by atoms with Crippen molar-refractivity contribution in [2.24, 2.45) is 0 Å². The molecule has 0 amide bonds. The van der Waals surface area contributed by atoms with E-state index in [0.29, 0.717) is 5.69 Å². The van der Waals surface area contributed by atoms with Crippen LogP contribution in [0.25, 0.3) is 0 Å². The van der Waals surface area contributed by atoms with Crippen LogP contribution in [-0.2, 0) is 0 Å². The topological polar surface area (TPSA) is 30.0 Å². The molecule has 0 aliphatic heterocycles. The van der Waals surface area contributed by atoms with Crippen LogP contribution in [0.4, 0.5) is 0 Å². The van der Waals surface area contributed by atoms with Crippen LogP contribution in [0.1, 0.15) is 10.5 Å². The molecular weight excluding hydrogens is 206 g/mol. The first-order valence-corrected chi connectivity index (χ1v) is 3.81. The van der Waals surface area contributed by atoms with Gasteiger partial charge in [0.1, 0.15) is 5.69 Å².